The van der Waals surface area contributed by atoms with Crippen LogP contribution < -0.4 is 19.5 Å². The number of hydrogen-bond donors (Lipinski definition) is 1. The molecule has 0 atom stereocenters. The van der Waals surface area contributed by atoms with Crippen molar-refractivity contribution in [3.63, 3.8) is 0 Å². The summed E-state index contributed by atoms with van der Waals surface area (Å²) < 4.78 is 16.6. The van der Waals surface area contributed by atoms with Gasteiger partial charge in [0.2, 0.25) is 5.75 Å². The maximum atomic E-state index is 5.97. The van der Waals surface area contributed by atoms with Gasteiger partial charge in [-0.1, -0.05) is 6.07 Å². The van der Waals surface area contributed by atoms with Crippen molar-refractivity contribution in [2.24, 2.45) is 0 Å². The van der Waals surface area contributed by atoms with Crippen LogP contribution in [0.5, 0.6) is 17.2 Å². The monoisotopic (exact) mass is 237 g/mol. The summed E-state index contributed by atoms with van der Waals surface area (Å²) in [6, 6.07) is 5.70. The Hall–Kier alpha value is -1.42. The first-order valence-electron chi connectivity index (χ1n) is 5.93. The van der Waals surface area contributed by atoms with Crippen LogP contribution in [-0.2, 0) is 0 Å². The number of rotatable bonds is 4. The topological polar surface area (TPSA) is 39.7 Å². The third kappa shape index (κ3) is 2.82. The molecule has 0 aliphatic carbocycles. The molecule has 1 fully saturated rings. The highest BCUT2D eigenvalue weighted by Gasteiger charge is 2.18. The summed E-state index contributed by atoms with van der Waals surface area (Å²) in [6.07, 6.45) is 2.32. The molecule has 4 heteroatoms. The SMILES string of the molecule is COc1cccc(OC2CCNCC2)c1OC. The fourth-order valence-corrected chi connectivity index (χ4v) is 2.04. The lowest BCUT2D eigenvalue weighted by Crippen LogP contribution is -2.34. The zero-order valence-corrected chi connectivity index (χ0v) is 10.4. The standard InChI is InChI=1S/C13H19NO3/c1-15-11-4-3-5-12(13(11)16-2)17-10-6-8-14-9-7-10/h3-5,10,14H,6-9H2,1-2H3. The highest BCUT2D eigenvalue weighted by atomic mass is 16.5. The minimum atomic E-state index is 0.261. The molecule has 1 aliphatic rings. The van der Waals surface area contributed by atoms with Gasteiger partial charge in [0.15, 0.2) is 11.5 Å². The van der Waals surface area contributed by atoms with E-state index in [1.807, 2.05) is 18.2 Å². The van der Waals surface area contributed by atoms with Crippen molar-refractivity contribution in [1.29, 1.82) is 0 Å². The molecule has 1 N–H and O–H groups in total. The molecule has 1 aromatic carbocycles. The molecular weight excluding hydrogens is 218 g/mol. The fourth-order valence-electron chi connectivity index (χ4n) is 2.04. The Bertz CT molecular complexity index is 362. The summed E-state index contributed by atoms with van der Waals surface area (Å²) in [5.74, 6) is 2.14. The largest absolute Gasteiger partial charge is 0.493 e. The third-order valence-corrected chi connectivity index (χ3v) is 2.95. The van der Waals surface area contributed by atoms with Crippen molar-refractivity contribution in [1.82, 2.24) is 5.32 Å². The number of para-hydroxylation sites is 1. The predicted octanol–water partition coefficient (Wildman–Crippen LogP) is 1.83. The number of benzene rings is 1. The molecule has 1 aliphatic heterocycles. The van der Waals surface area contributed by atoms with Crippen molar-refractivity contribution in [3.05, 3.63) is 18.2 Å². The van der Waals surface area contributed by atoms with Crippen molar-refractivity contribution >= 4 is 0 Å². The van der Waals surface area contributed by atoms with E-state index in [9.17, 15) is 0 Å². The van der Waals surface area contributed by atoms with E-state index < -0.39 is 0 Å². The summed E-state index contributed by atoms with van der Waals surface area (Å²) >= 11 is 0. The van der Waals surface area contributed by atoms with Crippen molar-refractivity contribution in [2.45, 2.75) is 18.9 Å². The Morgan fingerprint density at radius 1 is 1.06 bits per heavy atom. The molecule has 17 heavy (non-hydrogen) atoms. The van der Waals surface area contributed by atoms with Crippen LogP contribution in [0.15, 0.2) is 18.2 Å². The average Bonchev–Trinajstić information content (AvgIpc) is 2.39. The summed E-state index contributed by atoms with van der Waals surface area (Å²) in [6.45, 7) is 2.02. The zero-order valence-electron chi connectivity index (χ0n) is 10.4. The quantitative estimate of drug-likeness (QED) is 0.867. The van der Waals surface area contributed by atoms with E-state index in [2.05, 4.69) is 5.32 Å². The minimum absolute atomic E-state index is 0.261. The molecule has 94 valence electrons. The van der Waals surface area contributed by atoms with Gasteiger partial charge in [-0.15, -0.1) is 0 Å². The van der Waals surface area contributed by atoms with Crippen molar-refractivity contribution in [3.8, 4) is 17.2 Å². The zero-order chi connectivity index (χ0) is 12.1. The van der Waals surface area contributed by atoms with Crippen LogP contribution in [0, 0.1) is 0 Å². The lowest BCUT2D eigenvalue weighted by Gasteiger charge is -2.25. The normalized spacial score (nSPS) is 16.6. The lowest BCUT2D eigenvalue weighted by atomic mass is 10.1. The van der Waals surface area contributed by atoms with Crippen LogP contribution in [-0.4, -0.2) is 33.4 Å². The second-order valence-electron chi connectivity index (χ2n) is 4.06. The number of methoxy groups -OCH3 is 2. The Morgan fingerprint density at radius 3 is 2.41 bits per heavy atom. The predicted molar refractivity (Wildman–Crippen MR) is 66.1 cm³/mol. The maximum Gasteiger partial charge on any atom is 0.203 e. The van der Waals surface area contributed by atoms with Crippen LogP contribution in [0.4, 0.5) is 0 Å². The number of nitrogens with one attached hydrogen (secondary N) is 1. The van der Waals surface area contributed by atoms with E-state index in [0.29, 0.717) is 11.5 Å². The summed E-state index contributed by atoms with van der Waals surface area (Å²) in [5.41, 5.74) is 0. The summed E-state index contributed by atoms with van der Waals surface area (Å²) in [5, 5.41) is 3.32. The smallest absolute Gasteiger partial charge is 0.203 e. The molecule has 0 amide bonds. The van der Waals surface area contributed by atoms with Gasteiger partial charge in [0.25, 0.3) is 0 Å². The van der Waals surface area contributed by atoms with Crippen LogP contribution in [0.1, 0.15) is 12.8 Å². The Kier molecular flexibility index (Phi) is 4.09. The third-order valence-electron chi connectivity index (χ3n) is 2.95. The number of piperidine rings is 1. The van der Waals surface area contributed by atoms with Crippen LogP contribution in [0.2, 0.25) is 0 Å². The van der Waals surface area contributed by atoms with Gasteiger partial charge < -0.3 is 19.5 Å². The highest BCUT2D eigenvalue weighted by Crippen LogP contribution is 2.37. The molecule has 0 radical (unpaired) electrons. The first-order chi connectivity index (χ1) is 8.35. The van der Waals surface area contributed by atoms with Crippen LogP contribution in [0.25, 0.3) is 0 Å². The molecule has 2 rings (SSSR count). The van der Waals surface area contributed by atoms with Gasteiger partial charge in [0.1, 0.15) is 6.10 Å². The molecule has 1 aromatic rings. The molecule has 0 aromatic heterocycles. The van der Waals surface area contributed by atoms with Crippen LogP contribution in [0.3, 0.4) is 0 Å². The summed E-state index contributed by atoms with van der Waals surface area (Å²) in [4.78, 5) is 0. The molecule has 0 unspecified atom stereocenters. The first kappa shape index (κ1) is 12.0. The van der Waals surface area contributed by atoms with E-state index in [0.717, 1.165) is 31.7 Å². The molecule has 0 bridgehead atoms. The molecule has 1 saturated heterocycles. The minimum Gasteiger partial charge on any atom is -0.493 e. The van der Waals surface area contributed by atoms with E-state index in [1.54, 1.807) is 14.2 Å². The van der Waals surface area contributed by atoms with E-state index in [-0.39, 0.29) is 6.10 Å². The number of hydrogen-bond acceptors (Lipinski definition) is 4. The van der Waals surface area contributed by atoms with Gasteiger partial charge in [-0.2, -0.15) is 0 Å². The van der Waals surface area contributed by atoms with E-state index >= 15 is 0 Å². The lowest BCUT2D eigenvalue weighted by molar-refractivity contribution is 0.155. The van der Waals surface area contributed by atoms with Gasteiger partial charge >= 0.3 is 0 Å². The summed E-state index contributed by atoms with van der Waals surface area (Å²) in [7, 11) is 3.26. The maximum absolute atomic E-state index is 5.97. The first-order valence-corrected chi connectivity index (χ1v) is 5.93. The van der Waals surface area contributed by atoms with Crippen molar-refractivity contribution in [2.75, 3.05) is 27.3 Å². The molecular formula is C13H19NO3. The Balaban J connectivity index is 2.13. The van der Waals surface area contributed by atoms with Gasteiger partial charge in [-0.05, 0) is 38.1 Å². The highest BCUT2D eigenvalue weighted by molar-refractivity contribution is 5.51. The Labute approximate surface area is 102 Å². The van der Waals surface area contributed by atoms with Gasteiger partial charge in [0, 0.05) is 0 Å². The van der Waals surface area contributed by atoms with E-state index in [1.165, 1.54) is 0 Å². The average molecular weight is 237 g/mol. The molecule has 0 spiro atoms. The van der Waals surface area contributed by atoms with Gasteiger partial charge in [0.05, 0.1) is 14.2 Å². The number of ether oxygens (including phenoxy) is 3. The van der Waals surface area contributed by atoms with Gasteiger partial charge in [-0.3, -0.25) is 0 Å². The molecule has 1 heterocycles. The molecule has 4 nitrogen and oxygen atoms in total. The fraction of sp³-hybridized carbons (Fsp3) is 0.538. The second kappa shape index (κ2) is 5.77. The Morgan fingerprint density at radius 2 is 1.76 bits per heavy atom. The molecule has 0 saturated carbocycles. The van der Waals surface area contributed by atoms with Crippen molar-refractivity contribution < 1.29 is 14.2 Å². The van der Waals surface area contributed by atoms with Gasteiger partial charge in [-0.25, -0.2) is 0 Å². The second-order valence-corrected chi connectivity index (χ2v) is 4.06. The van der Waals surface area contributed by atoms with E-state index in [4.69, 9.17) is 14.2 Å². The van der Waals surface area contributed by atoms with Crippen LogP contribution >= 0.6 is 0 Å².